The lowest BCUT2D eigenvalue weighted by Crippen LogP contribution is -2.31. The van der Waals surface area contributed by atoms with E-state index in [9.17, 15) is 4.79 Å². The van der Waals surface area contributed by atoms with Crippen molar-refractivity contribution in [1.82, 2.24) is 14.3 Å². The van der Waals surface area contributed by atoms with Gasteiger partial charge in [-0.15, -0.1) is 0 Å². The van der Waals surface area contributed by atoms with E-state index in [0.717, 1.165) is 54.1 Å². The molecule has 1 aliphatic heterocycles. The van der Waals surface area contributed by atoms with Crippen molar-refractivity contribution < 1.29 is 4.79 Å². The number of benzene rings is 1. The minimum absolute atomic E-state index is 0.0758. The van der Waals surface area contributed by atoms with Crippen molar-refractivity contribution in [3.05, 3.63) is 65.1 Å². The van der Waals surface area contributed by atoms with Gasteiger partial charge in [0.1, 0.15) is 5.65 Å². The topological polar surface area (TPSA) is 73.5 Å². The van der Waals surface area contributed by atoms with Gasteiger partial charge in [-0.25, -0.2) is 4.98 Å². The highest BCUT2D eigenvalue weighted by molar-refractivity contribution is 6.14. The zero-order valence-corrected chi connectivity index (χ0v) is 17.0. The first-order chi connectivity index (χ1) is 14.1. The van der Waals surface area contributed by atoms with Crippen molar-refractivity contribution in [2.45, 2.75) is 32.6 Å². The number of imidazole rings is 1. The second-order valence-electron chi connectivity index (χ2n) is 7.67. The van der Waals surface area contributed by atoms with Gasteiger partial charge in [-0.1, -0.05) is 18.9 Å². The van der Waals surface area contributed by atoms with E-state index < -0.39 is 0 Å². The number of anilines is 1. The SMILES string of the molecule is CNc1cc(C(=O)N2CCCCCC2)ccc1C(=N)c1cnc2ccc(C)cn12. The molecule has 1 saturated heterocycles. The summed E-state index contributed by atoms with van der Waals surface area (Å²) >= 11 is 0. The highest BCUT2D eigenvalue weighted by Crippen LogP contribution is 2.23. The van der Waals surface area contributed by atoms with Crippen molar-refractivity contribution in [2.75, 3.05) is 25.5 Å². The van der Waals surface area contributed by atoms with Crippen LogP contribution in [0.1, 0.15) is 52.9 Å². The standard InChI is InChI=1S/C23H27N5O/c1-16-7-10-21-26-14-20(28(21)15-16)22(24)18-9-8-17(13-19(18)25-2)23(29)27-11-5-3-4-6-12-27/h7-10,13-15,24-25H,3-6,11-12H2,1-2H3. The second kappa shape index (κ2) is 8.07. The van der Waals surface area contributed by atoms with Crippen molar-refractivity contribution >= 4 is 23.0 Å². The summed E-state index contributed by atoms with van der Waals surface area (Å²) in [4.78, 5) is 19.4. The van der Waals surface area contributed by atoms with E-state index in [-0.39, 0.29) is 5.91 Å². The molecule has 0 unspecified atom stereocenters. The molecule has 2 N–H and O–H groups in total. The van der Waals surface area contributed by atoms with E-state index in [1.165, 1.54) is 12.8 Å². The number of pyridine rings is 1. The number of nitrogens with one attached hydrogen (secondary N) is 2. The normalized spacial score (nSPS) is 14.6. The third-order valence-electron chi connectivity index (χ3n) is 5.61. The van der Waals surface area contributed by atoms with Gasteiger partial charge in [-0.2, -0.15) is 0 Å². The van der Waals surface area contributed by atoms with E-state index >= 15 is 0 Å². The molecular weight excluding hydrogens is 362 g/mol. The predicted molar refractivity (Wildman–Crippen MR) is 116 cm³/mol. The van der Waals surface area contributed by atoms with Crippen LogP contribution in [0.2, 0.25) is 0 Å². The highest BCUT2D eigenvalue weighted by Gasteiger charge is 2.20. The molecule has 0 aliphatic carbocycles. The molecule has 29 heavy (non-hydrogen) atoms. The third kappa shape index (κ3) is 3.75. The molecule has 1 amide bonds. The molecule has 0 atom stereocenters. The molecule has 4 rings (SSSR count). The van der Waals surface area contributed by atoms with Gasteiger partial charge in [0.2, 0.25) is 0 Å². The first-order valence-corrected chi connectivity index (χ1v) is 10.2. The molecule has 0 radical (unpaired) electrons. The highest BCUT2D eigenvalue weighted by atomic mass is 16.2. The Labute approximate surface area is 171 Å². The molecule has 1 fully saturated rings. The molecule has 6 heteroatoms. The number of fused-ring (bicyclic) bond motifs is 1. The van der Waals surface area contributed by atoms with E-state index in [0.29, 0.717) is 11.3 Å². The van der Waals surface area contributed by atoms with E-state index in [1.54, 1.807) is 6.20 Å². The maximum Gasteiger partial charge on any atom is 0.253 e. The fourth-order valence-electron chi connectivity index (χ4n) is 3.97. The van der Waals surface area contributed by atoms with Gasteiger partial charge in [0, 0.05) is 43.1 Å². The van der Waals surface area contributed by atoms with Crippen LogP contribution in [0, 0.1) is 12.3 Å². The maximum absolute atomic E-state index is 13.0. The summed E-state index contributed by atoms with van der Waals surface area (Å²) in [7, 11) is 1.82. The first-order valence-electron chi connectivity index (χ1n) is 10.2. The number of nitrogens with zero attached hydrogens (tertiary/aromatic N) is 3. The van der Waals surface area contributed by atoms with Gasteiger partial charge in [-0.05, 0) is 49.6 Å². The number of amides is 1. The van der Waals surface area contributed by atoms with E-state index in [2.05, 4.69) is 10.3 Å². The molecule has 0 spiro atoms. The second-order valence-corrected chi connectivity index (χ2v) is 7.67. The summed E-state index contributed by atoms with van der Waals surface area (Å²) in [5.74, 6) is 0.0758. The zero-order valence-electron chi connectivity index (χ0n) is 17.0. The lowest BCUT2D eigenvalue weighted by molar-refractivity contribution is 0.0761. The Morgan fingerprint density at radius 2 is 1.86 bits per heavy atom. The van der Waals surface area contributed by atoms with E-state index in [4.69, 9.17) is 5.41 Å². The van der Waals surface area contributed by atoms with Gasteiger partial charge in [-0.3, -0.25) is 14.6 Å². The Bertz CT molecular complexity index is 1060. The van der Waals surface area contributed by atoms with Gasteiger partial charge in [0.05, 0.1) is 17.6 Å². The molecule has 3 aromatic rings. The number of carbonyl (C=O) groups is 1. The molecular formula is C23H27N5O. The fraction of sp³-hybridized carbons (Fsp3) is 0.348. The molecule has 1 aliphatic rings. The number of aryl methyl sites for hydroxylation is 1. The number of hydrogen-bond acceptors (Lipinski definition) is 4. The molecule has 0 bridgehead atoms. The Balaban J connectivity index is 1.66. The number of aromatic nitrogens is 2. The molecule has 0 saturated carbocycles. The van der Waals surface area contributed by atoms with Gasteiger partial charge < -0.3 is 10.2 Å². The Hall–Kier alpha value is -3.15. The smallest absolute Gasteiger partial charge is 0.253 e. The number of rotatable bonds is 4. The quantitative estimate of drug-likeness (QED) is 0.659. The Kier molecular flexibility index (Phi) is 5.34. The summed E-state index contributed by atoms with van der Waals surface area (Å²) in [6, 6.07) is 9.54. The predicted octanol–water partition coefficient (Wildman–Crippen LogP) is 4.12. The van der Waals surface area contributed by atoms with Crippen LogP contribution in [0.3, 0.4) is 0 Å². The number of hydrogen-bond donors (Lipinski definition) is 2. The summed E-state index contributed by atoms with van der Waals surface area (Å²) in [6.07, 6.45) is 8.25. The van der Waals surface area contributed by atoms with Crippen LogP contribution in [-0.2, 0) is 0 Å². The molecule has 150 valence electrons. The largest absolute Gasteiger partial charge is 0.388 e. The molecule has 3 heterocycles. The molecule has 2 aromatic heterocycles. The van der Waals surface area contributed by atoms with Crippen LogP contribution in [0.25, 0.3) is 5.65 Å². The minimum Gasteiger partial charge on any atom is -0.388 e. The van der Waals surface area contributed by atoms with Crippen LogP contribution < -0.4 is 5.32 Å². The fourth-order valence-corrected chi connectivity index (χ4v) is 3.97. The van der Waals surface area contributed by atoms with Crippen LogP contribution in [0.4, 0.5) is 5.69 Å². The zero-order chi connectivity index (χ0) is 20.4. The van der Waals surface area contributed by atoms with Crippen molar-refractivity contribution in [1.29, 1.82) is 5.41 Å². The van der Waals surface area contributed by atoms with Crippen molar-refractivity contribution in [3.8, 4) is 0 Å². The first kappa shape index (κ1) is 19.2. The number of carbonyl (C=O) groups excluding carboxylic acids is 1. The number of likely N-dealkylation sites (tertiary alicyclic amines) is 1. The average Bonchev–Trinajstić information content (AvgIpc) is 2.96. The monoisotopic (exact) mass is 389 g/mol. The third-order valence-corrected chi connectivity index (χ3v) is 5.61. The summed E-state index contributed by atoms with van der Waals surface area (Å²) < 4.78 is 1.94. The minimum atomic E-state index is 0.0758. The summed E-state index contributed by atoms with van der Waals surface area (Å²) in [5.41, 5.74) is 5.22. The van der Waals surface area contributed by atoms with Crippen LogP contribution in [0.5, 0.6) is 0 Å². The molecule has 6 nitrogen and oxygen atoms in total. The average molecular weight is 390 g/mol. The Morgan fingerprint density at radius 3 is 2.59 bits per heavy atom. The summed E-state index contributed by atoms with van der Waals surface area (Å²) in [6.45, 7) is 3.67. The van der Waals surface area contributed by atoms with Crippen LogP contribution in [0.15, 0.2) is 42.7 Å². The maximum atomic E-state index is 13.0. The summed E-state index contributed by atoms with van der Waals surface area (Å²) in [5, 5.41) is 12.0. The van der Waals surface area contributed by atoms with Gasteiger partial charge in [0.15, 0.2) is 0 Å². The lowest BCUT2D eigenvalue weighted by atomic mass is 10.0. The van der Waals surface area contributed by atoms with E-state index in [1.807, 2.05) is 59.8 Å². The Morgan fingerprint density at radius 1 is 1.10 bits per heavy atom. The molecule has 1 aromatic carbocycles. The lowest BCUT2D eigenvalue weighted by Gasteiger charge is -2.21. The van der Waals surface area contributed by atoms with Crippen molar-refractivity contribution in [3.63, 3.8) is 0 Å². The van der Waals surface area contributed by atoms with Crippen LogP contribution >= 0.6 is 0 Å². The van der Waals surface area contributed by atoms with Crippen molar-refractivity contribution in [2.24, 2.45) is 0 Å². The van der Waals surface area contributed by atoms with Crippen LogP contribution in [-0.4, -0.2) is 46.0 Å². The van der Waals surface area contributed by atoms with Gasteiger partial charge in [0.25, 0.3) is 5.91 Å². The van der Waals surface area contributed by atoms with Gasteiger partial charge >= 0.3 is 0 Å².